The van der Waals surface area contributed by atoms with Gasteiger partial charge in [-0.2, -0.15) is 0 Å². The maximum Gasteiger partial charge on any atom is 0.237 e. The summed E-state index contributed by atoms with van der Waals surface area (Å²) in [6.07, 6.45) is 5.29. The summed E-state index contributed by atoms with van der Waals surface area (Å²) in [6.45, 7) is 6.80. The van der Waals surface area contributed by atoms with Gasteiger partial charge in [0.1, 0.15) is 5.17 Å². The third-order valence-corrected chi connectivity index (χ3v) is 3.06. The molecule has 0 aromatic rings. The van der Waals surface area contributed by atoms with Gasteiger partial charge in [-0.15, -0.1) is 0 Å². The van der Waals surface area contributed by atoms with Gasteiger partial charge in [0, 0.05) is 12.7 Å². The van der Waals surface area contributed by atoms with Gasteiger partial charge in [-0.1, -0.05) is 24.3 Å². The fourth-order valence-corrected chi connectivity index (χ4v) is 1.94. The molecule has 5 heteroatoms. The van der Waals surface area contributed by atoms with Crippen molar-refractivity contribution in [2.45, 2.75) is 25.8 Å². The lowest BCUT2D eigenvalue weighted by atomic mass is 10.2. The van der Waals surface area contributed by atoms with Crippen LogP contribution in [-0.2, 0) is 4.79 Å². The molecule has 0 aliphatic carbocycles. The maximum atomic E-state index is 11.9. The fraction of sp³-hybridized carbons (Fsp3) is 0.538. The number of likely N-dealkylation sites (tertiary alicyclic amines) is 1. The van der Waals surface area contributed by atoms with Gasteiger partial charge in [-0.05, 0) is 38.9 Å². The van der Waals surface area contributed by atoms with Crippen LogP contribution in [0.3, 0.4) is 0 Å². The summed E-state index contributed by atoms with van der Waals surface area (Å²) in [5.41, 5.74) is 0.837. The first-order chi connectivity index (χ1) is 8.54. The first-order valence-corrected chi connectivity index (χ1v) is 6.41. The molecule has 0 aromatic heterocycles. The standard InChI is InChI=1S/C13H20ClN3O/c1-4-11(8-15-10(2)14)9-16-13(18)12-6-5-7-17(12)3/h4,8,12H,1,5-7,9H2,2-3H3,(H,16,18)/b11-8+,15-10+. The minimum absolute atomic E-state index is 0.00525. The SMILES string of the molecule is C=C/C(=C\N=C(/C)Cl)CNC(=O)C1CCCN1C. The zero-order valence-corrected chi connectivity index (χ0v) is 11.7. The quantitative estimate of drug-likeness (QED) is 0.612. The van der Waals surface area contributed by atoms with E-state index >= 15 is 0 Å². The molecule has 0 spiro atoms. The van der Waals surface area contributed by atoms with Crippen LogP contribution < -0.4 is 5.32 Å². The van der Waals surface area contributed by atoms with Crippen LogP contribution in [0.15, 0.2) is 29.4 Å². The summed E-state index contributed by atoms with van der Waals surface area (Å²) in [4.78, 5) is 18.0. The van der Waals surface area contributed by atoms with Crippen LogP contribution in [0, 0.1) is 0 Å². The minimum atomic E-state index is -0.00525. The Morgan fingerprint density at radius 2 is 2.39 bits per heavy atom. The Labute approximate surface area is 113 Å². The van der Waals surface area contributed by atoms with Crippen molar-refractivity contribution in [1.29, 1.82) is 0 Å². The van der Waals surface area contributed by atoms with Gasteiger partial charge in [0.25, 0.3) is 0 Å². The molecule has 1 rings (SSSR count). The zero-order chi connectivity index (χ0) is 13.5. The maximum absolute atomic E-state index is 11.9. The van der Waals surface area contributed by atoms with Crippen molar-refractivity contribution in [3.05, 3.63) is 24.4 Å². The molecule has 1 amide bonds. The molecule has 100 valence electrons. The highest BCUT2D eigenvalue weighted by atomic mass is 35.5. The number of amides is 1. The van der Waals surface area contributed by atoms with E-state index in [1.165, 1.54) is 0 Å². The van der Waals surface area contributed by atoms with Crippen molar-refractivity contribution in [1.82, 2.24) is 10.2 Å². The molecule has 1 unspecified atom stereocenters. The molecule has 1 atom stereocenters. The Kier molecular flexibility index (Phi) is 6.09. The monoisotopic (exact) mass is 269 g/mol. The number of nitrogens with one attached hydrogen (secondary N) is 1. The number of carbonyl (C=O) groups is 1. The molecule has 0 saturated carbocycles. The number of rotatable bonds is 5. The van der Waals surface area contributed by atoms with Crippen LogP contribution in [0.1, 0.15) is 19.8 Å². The van der Waals surface area contributed by atoms with Crippen LogP contribution in [-0.4, -0.2) is 42.2 Å². The van der Waals surface area contributed by atoms with E-state index in [9.17, 15) is 4.79 Å². The minimum Gasteiger partial charge on any atom is -0.351 e. The topological polar surface area (TPSA) is 44.7 Å². The Balaban J connectivity index is 2.48. The second kappa shape index (κ2) is 7.34. The van der Waals surface area contributed by atoms with Gasteiger partial charge in [-0.25, -0.2) is 4.99 Å². The molecule has 0 radical (unpaired) electrons. The van der Waals surface area contributed by atoms with E-state index < -0.39 is 0 Å². The summed E-state index contributed by atoms with van der Waals surface area (Å²) in [7, 11) is 1.97. The number of nitrogens with zero attached hydrogens (tertiary/aromatic N) is 2. The Bertz CT molecular complexity index is 372. The third-order valence-electron chi connectivity index (χ3n) is 2.96. The lowest BCUT2D eigenvalue weighted by Crippen LogP contribution is -2.41. The molecule has 1 aliphatic heterocycles. The van der Waals surface area contributed by atoms with E-state index in [1.807, 2.05) is 7.05 Å². The summed E-state index contributed by atoms with van der Waals surface area (Å²) in [6, 6.07) is -0.00525. The highest BCUT2D eigenvalue weighted by molar-refractivity contribution is 6.64. The molecular weight excluding hydrogens is 250 g/mol. The van der Waals surface area contributed by atoms with E-state index in [0.29, 0.717) is 11.7 Å². The molecule has 4 nitrogen and oxygen atoms in total. The predicted molar refractivity (Wildman–Crippen MR) is 75.9 cm³/mol. The van der Waals surface area contributed by atoms with Crippen molar-refractivity contribution >= 4 is 22.7 Å². The summed E-state index contributed by atoms with van der Waals surface area (Å²) >= 11 is 5.64. The fourth-order valence-electron chi connectivity index (χ4n) is 1.89. The predicted octanol–water partition coefficient (Wildman–Crippen LogP) is 1.92. The normalized spacial score (nSPS) is 22.1. The molecular formula is C13H20ClN3O. The second-order valence-electron chi connectivity index (χ2n) is 4.39. The van der Waals surface area contributed by atoms with Crippen molar-refractivity contribution in [2.75, 3.05) is 20.1 Å². The van der Waals surface area contributed by atoms with Gasteiger partial charge < -0.3 is 5.32 Å². The Morgan fingerprint density at radius 1 is 1.67 bits per heavy atom. The molecule has 18 heavy (non-hydrogen) atoms. The van der Waals surface area contributed by atoms with E-state index in [4.69, 9.17) is 11.6 Å². The van der Waals surface area contributed by atoms with Crippen LogP contribution >= 0.6 is 11.6 Å². The molecule has 1 fully saturated rings. The number of halogens is 1. The molecule has 0 bridgehead atoms. The summed E-state index contributed by atoms with van der Waals surface area (Å²) in [5.74, 6) is 0.0642. The van der Waals surface area contributed by atoms with Crippen molar-refractivity contribution < 1.29 is 4.79 Å². The molecule has 1 saturated heterocycles. The van der Waals surface area contributed by atoms with Gasteiger partial charge in [0.2, 0.25) is 5.91 Å². The van der Waals surface area contributed by atoms with Crippen molar-refractivity contribution in [2.24, 2.45) is 4.99 Å². The number of likely N-dealkylation sites (N-methyl/N-ethyl adjacent to an activating group) is 1. The highest BCUT2D eigenvalue weighted by Gasteiger charge is 2.27. The van der Waals surface area contributed by atoms with Gasteiger partial charge in [0.15, 0.2) is 0 Å². The molecule has 1 heterocycles. The lowest BCUT2D eigenvalue weighted by Gasteiger charge is -2.18. The first kappa shape index (κ1) is 14.9. The highest BCUT2D eigenvalue weighted by Crippen LogP contribution is 2.14. The van der Waals surface area contributed by atoms with Crippen molar-refractivity contribution in [3.63, 3.8) is 0 Å². The Morgan fingerprint density at radius 3 is 2.89 bits per heavy atom. The van der Waals surface area contributed by atoms with Gasteiger partial charge >= 0.3 is 0 Å². The molecule has 1 aliphatic rings. The molecule has 1 N–H and O–H groups in total. The average molecular weight is 270 g/mol. The Hall–Kier alpha value is -1.13. The van der Waals surface area contributed by atoms with E-state index in [1.54, 1.807) is 19.2 Å². The first-order valence-electron chi connectivity index (χ1n) is 6.04. The van der Waals surface area contributed by atoms with Crippen LogP contribution in [0.4, 0.5) is 0 Å². The smallest absolute Gasteiger partial charge is 0.237 e. The summed E-state index contributed by atoms with van der Waals surface area (Å²) < 4.78 is 0. The van der Waals surface area contributed by atoms with Crippen molar-refractivity contribution in [3.8, 4) is 0 Å². The van der Waals surface area contributed by atoms with Crippen LogP contribution in [0.5, 0.6) is 0 Å². The number of hydrogen-bond acceptors (Lipinski definition) is 3. The zero-order valence-electron chi connectivity index (χ0n) is 10.9. The molecule has 0 aromatic carbocycles. The number of hydrogen-bond donors (Lipinski definition) is 1. The van der Waals surface area contributed by atoms with Gasteiger partial charge in [0.05, 0.1) is 6.04 Å². The number of carbonyl (C=O) groups excluding carboxylic acids is 1. The van der Waals surface area contributed by atoms with Gasteiger partial charge in [-0.3, -0.25) is 9.69 Å². The number of aliphatic imine (C=N–C) groups is 1. The van der Waals surface area contributed by atoms with Crippen LogP contribution in [0.25, 0.3) is 0 Å². The van der Waals surface area contributed by atoms with Crippen LogP contribution in [0.2, 0.25) is 0 Å². The largest absolute Gasteiger partial charge is 0.351 e. The summed E-state index contributed by atoms with van der Waals surface area (Å²) in [5, 5.41) is 3.35. The van der Waals surface area contributed by atoms with E-state index in [-0.39, 0.29) is 11.9 Å². The average Bonchev–Trinajstić information content (AvgIpc) is 2.75. The van der Waals surface area contributed by atoms with E-state index in [0.717, 1.165) is 25.0 Å². The lowest BCUT2D eigenvalue weighted by molar-refractivity contribution is -0.124. The van der Waals surface area contributed by atoms with E-state index in [2.05, 4.69) is 21.8 Å². The second-order valence-corrected chi connectivity index (χ2v) is 4.94. The third kappa shape index (κ3) is 4.63.